The molecule has 2 atom stereocenters. The molecule has 0 fully saturated rings. The van der Waals surface area contributed by atoms with Gasteiger partial charge < -0.3 is 15.7 Å². The van der Waals surface area contributed by atoms with Crippen LogP contribution in [0, 0.1) is 5.92 Å². The van der Waals surface area contributed by atoms with E-state index in [-0.39, 0.29) is 0 Å². The zero-order valence-electron chi connectivity index (χ0n) is 10.8. The van der Waals surface area contributed by atoms with Crippen molar-refractivity contribution in [1.29, 1.82) is 0 Å². The summed E-state index contributed by atoms with van der Waals surface area (Å²) >= 11 is 0. The lowest BCUT2D eigenvalue weighted by Gasteiger charge is -2.28. The van der Waals surface area contributed by atoms with Gasteiger partial charge in [-0.15, -0.1) is 0 Å². The normalized spacial score (nSPS) is 17.8. The highest BCUT2D eigenvalue weighted by Crippen LogP contribution is 2.10. The lowest BCUT2D eigenvalue weighted by Crippen LogP contribution is -2.39. The fourth-order valence-corrected chi connectivity index (χ4v) is 1.45. The van der Waals surface area contributed by atoms with Crippen molar-refractivity contribution in [3.8, 4) is 0 Å². The van der Waals surface area contributed by atoms with Gasteiger partial charge in [0.05, 0.1) is 5.60 Å². The van der Waals surface area contributed by atoms with Crippen molar-refractivity contribution < 1.29 is 5.11 Å². The molecule has 0 spiro atoms. The molecule has 0 aromatic carbocycles. The Kier molecular flexibility index (Phi) is 7.14. The molecule has 2 unspecified atom stereocenters. The summed E-state index contributed by atoms with van der Waals surface area (Å²) in [6.07, 6.45) is 1.97. The van der Waals surface area contributed by atoms with E-state index in [1.807, 2.05) is 6.92 Å². The quantitative estimate of drug-likeness (QED) is 0.646. The Hall–Kier alpha value is -0.120. The number of rotatable bonds is 8. The molecule has 0 saturated carbocycles. The first-order valence-electron chi connectivity index (χ1n) is 6.10. The average Bonchev–Trinajstić information content (AvgIpc) is 2.23. The fourth-order valence-electron chi connectivity index (χ4n) is 1.45. The van der Waals surface area contributed by atoms with Gasteiger partial charge in [0, 0.05) is 19.6 Å². The maximum atomic E-state index is 9.81. The third kappa shape index (κ3) is 6.88. The smallest absolute Gasteiger partial charge is 0.0753 e. The Morgan fingerprint density at radius 2 is 2.00 bits per heavy atom. The molecule has 3 heteroatoms. The first-order valence-corrected chi connectivity index (χ1v) is 6.10. The minimum atomic E-state index is -0.705. The Balaban J connectivity index is 3.89. The van der Waals surface area contributed by atoms with Crippen molar-refractivity contribution in [2.45, 2.75) is 46.1 Å². The summed E-state index contributed by atoms with van der Waals surface area (Å²) in [7, 11) is 0. The van der Waals surface area contributed by atoms with E-state index in [2.05, 4.69) is 25.7 Å². The molecule has 3 N–H and O–H groups in total. The van der Waals surface area contributed by atoms with Crippen molar-refractivity contribution in [3.63, 3.8) is 0 Å². The van der Waals surface area contributed by atoms with Gasteiger partial charge in [-0.3, -0.25) is 0 Å². The largest absolute Gasteiger partial charge is 0.389 e. The Labute approximate surface area is 94.6 Å². The van der Waals surface area contributed by atoms with Crippen LogP contribution in [0.15, 0.2) is 0 Å². The van der Waals surface area contributed by atoms with E-state index in [4.69, 9.17) is 5.73 Å². The van der Waals surface area contributed by atoms with E-state index in [0.29, 0.717) is 6.54 Å². The van der Waals surface area contributed by atoms with Crippen molar-refractivity contribution in [1.82, 2.24) is 4.90 Å². The highest BCUT2D eigenvalue weighted by atomic mass is 16.3. The second kappa shape index (κ2) is 7.20. The molecular weight excluding hydrogens is 188 g/mol. The van der Waals surface area contributed by atoms with Gasteiger partial charge in [-0.05, 0) is 25.8 Å². The van der Waals surface area contributed by atoms with E-state index >= 15 is 0 Å². The van der Waals surface area contributed by atoms with Crippen LogP contribution in [0.3, 0.4) is 0 Å². The average molecular weight is 216 g/mol. The predicted octanol–water partition coefficient (Wildman–Crippen LogP) is 1.45. The fraction of sp³-hybridized carbons (Fsp3) is 1.00. The minimum absolute atomic E-state index is 0.341. The summed E-state index contributed by atoms with van der Waals surface area (Å²) in [6, 6.07) is 0. The van der Waals surface area contributed by atoms with Gasteiger partial charge in [0.1, 0.15) is 0 Å². The molecule has 0 aliphatic rings. The zero-order chi connectivity index (χ0) is 11.9. The summed E-state index contributed by atoms with van der Waals surface area (Å²) in [5.74, 6) is 0.729. The predicted molar refractivity (Wildman–Crippen MR) is 65.9 cm³/mol. The van der Waals surface area contributed by atoms with Gasteiger partial charge in [-0.25, -0.2) is 0 Å². The Morgan fingerprint density at radius 3 is 2.40 bits per heavy atom. The summed E-state index contributed by atoms with van der Waals surface area (Å²) in [6.45, 7) is 11.9. The molecule has 0 amide bonds. The lowest BCUT2D eigenvalue weighted by atomic mass is 10.0. The molecule has 0 aliphatic heterocycles. The maximum Gasteiger partial charge on any atom is 0.0753 e. The molecule has 0 aromatic heterocycles. The molecular formula is C12H28N2O. The molecule has 0 rings (SSSR count). The van der Waals surface area contributed by atoms with Gasteiger partial charge in [0.25, 0.3) is 0 Å². The molecule has 92 valence electrons. The molecule has 15 heavy (non-hydrogen) atoms. The second-order valence-corrected chi connectivity index (χ2v) is 4.86. The molecule has 0 saturated heterocycles. The van der Waals surface area contributed by atoms with Crippen LogP contribution in [0.5, 0.6) is 0 Å². The van der Waals surface area contributed by atoms with Gasteiger partial charge in [0.2, 0.25) is 0 Å². The lowest BCUT2D eigenvalue weighted by molar-refractivity contribution is 0.0466. The van der Waals surface area contributed by atoms with Crippen LogP contribution in [0.2, 0.25) is 0 Å². The number of hydrogen-bond acceptors (Lipinski definition) is 3. The summed E-state index contributed by atoms with van der Waals surface area (Å²) < 4.78 is 0. The Bertz CT molecular complexity index is 160. The summed E-state index contributed by atoms with van der Waals surface area (Å²) in [4.78, 5) is 2.39. The van der Waals surface area contributed by atoms with Crippen LogP contribution in [0.4, 0.5) is 0 Å². The van der Waals surface area contributed by atoms with Crippen LogP contribution in [-0.4, -0.2) is 41.8 Å². The molecule has 0 bridgehead atoms. The van der Waals surface area contributed by atoms with Gasteiger partial charge in [-0.2, -0.15) is 0 Å². The zero-order valence-corrected chi connectivity index (χ0v) is 10.8. The molecule has 0 heterocycles. The van der Waals surface area contributed by atoms with Crippen LogP contribution in [-0.2, 0) is 0 Å². The highest BCUT2D eigenvalue weighted by molar-refractivity contribution is 4.75. The van der Waals surface area contributed by atoms with Crippen molar-refractivity contribution in [3.05, 3.63) is 0 Å². The molecule has 0 aromatic rings. The topological polar surface area (TPSA) is 49.5 Å². The van der Waals surface area contributed by atoms with Crippen molar-refractivity contribution in [2.24, 2.45) is 11.7 Å². The first kappa shape index (κ1) is 14.9. The third-order valence-electron chi connectivity index (χ3n) is 3.12. The van der Waals surface area contributed by atoms with Gasteiger partial charge >= 0.3 is 0 Å². The van der Waals surface area contributed by atoms with Crippen molar-refractivity contribution in [2.75, 3.05) is 26.2 Å². The molecule has 3 nitrogen and oxygen atoms in total. The maximum absolute atomic E-state index is 9.81. The number of nitrogens with zero attached hydrogens (tertiary/aromatic N) is 1. The minimum Gasteiger partial charge on any atom is -0.389 e. The monoisotopic (exact) mass is 216 g/mol. The van der Waals surface area contributed by atoms with Crippen molar-refractivity contribution >= 4 is 0 Å². The Morgan fingerprint density at radius 1 is 1.40 bits per heavy atom. The van der Waals surface area contributed by atoms with Crippen LogP contribution in [0.25, 0.3) is 0 Å². The highest BCUT2D eigenvalue weighted by Gasteiger charge is 2.19. The standard InChI is InChI=1S/C12H28N2O/c1-5-11(3)9-14(6-2)8-7-12(4,15)10-13/h11,15H,5-10,13H2,1-4H3. The summed E-state index contributed by atoms with van der Waals surface area (Å²) in [5.41, 5.74) is 4.79. The van der Waals surface area contributed by atoms with Crippen LogP contribution >= 0.6 is 0 Å². The number of hydrogen-bond donors (Lipinski definition) is 2. The van der Waals surface area contributed by atoms with E-state index in [1.165, 1.54) is 6.42 Å². The van der Waals surface area contributed by atoms with Gasteiger partial charge in [0.15, 0.2) is 0 Å². The van der Waals surface area contributed by atoms with E-state index < -0.39 is 5.60 Å². The SMILES string of the molecule is CCC(C)CN(CC)CCC(C)(O)CN. The van der Waals surface area contributed by atoms with Gasteiger partial charge in [-0.1, -0.05) is 27.2 Å². The first-order chi connectivity index (χ1) is 6.95. The van der Waals surface area contributed by atoms with E-state index in [9.17, 15) is 5.11 Å². The third-order valence-corrected chi connectivity index (χ3v) is 3.12. The van der Waals surface area contributed by atoms with E-state index in [0.717, 1.165) is 32.0 Å². The molecule has 0 aliphatic carbocycles. The van der Waals surface area contributed by atoms with Crippen LogP contribution < -0.4 is 5.73 Å². The second-order valence-electron chi connectivity index (χ2n) is 4.86. The number of aliphatic hydroxyl groups is 1. The number of nitrogens with two attached hydrogens (primary N) is 1. The summed E-state index contributed by atoms with van der Waals surface area (Å²) in [5, 5.41) is 9.81. The van der Waals surface area contributed by atoms with E-state index in [1.54, 1.807) is 0 Å². The molecule has 0 radical (unpaired) electrons. The van der Waals surface area contributed by atoms with Crippen LogP contribution in [0.1, 0.15) is 40.5 Å².